The van der Waals surface area contributed by atoms with Crippen molar-refractivity contribution in [2.75, 3.05) is 0 Å². The van der Waals surface area contributed by atoms with Gasteiger partial charge in [0.2, 0.25) is 0 Å². The average molecular weight is 322 g/mol. The van der Waals surface area contributed by atoms with Crippen molar-refractivity contribution in [1.82, 2.24) is 0 Å². The number of carboxylic acids is 1. The van der Waals surface area contributed by atoms with E-state index in [2.05, 4.69) is 31.9 Å². The monoisotopic (exact) mass is 320 g/mol. The first-order valence-electron chi connectivity index (χ1n) is 4.17. The number of hydrogen-bond acceptors (Lipinski definition) is 1. The number of rotatable bonds is 3. The van der Waals surface area contributed by atoms with Gasteiger partial charge in [0, 0.05) is 8.95 Å². The van der Waals surface area contributed by atoms with Crippen LogP contribution in [0.25, 0.3) is 0 Å². The van der Waals surface area contributed by atoms with Crippen molar-refractivity contribution in [2.24, 2.45) is 5.92 Å². The van der Waals surface area contributed by atoms with Crippen LogP contribution in [0.5, 0.6) is 0 Å². The van der Waals surface area contributed by atoms with Crippen LogP contribution >= 0.6 is 31.9 Å². The number of hydrogen-bond donors (Lipinski definition) is 1. The fourth-order valence-corrected chi connectivity index (χ4v) is 1.93. The van der Waals surface area contributed by atoms with E-state index >= 15 is 0 Å². The van der Waals surface area contributed by atoms with E-state index in [-0.39, 0.29) is 5.92 Å². The predicted molar refractivity (Wildman–Crippen MR) is 62.3 cm³/mol. The molecule has 0 saturated heterocycles. The highest BCUT2D eigenvalue weighted by molar-refractivity contribution is 9.11. The normalized spacial score (nSPS) is 12.5. The molecule has 76 valence electrons. The molecule has 0 fully saturated rings. The minimum absolute atomic E-state index is 0.361. The SMILES string of the molecule is CC(Cc1cc(Br)ccc1Br)C(=O)O. The maximum absolute atomic E-state index is 10.7. The van der Waals surface area contributed by atoms with E-state index in [1.54, 1.807) is 6.92 Å². The Bertz CT molecular complexity index is 350. The molecular formula is C10H10Br2O2. The number of benzene rings is 1. The van der Waals surface area contributed by atoms with E-state index in [0.717, 1.165) is 14.5 Å². The van der Waals surface area contributed by atoms with Crippen LogP contribution in [0.3, 0.4) is 0 Å². The largest absolute Gasteiger partial charge is 0.481 e. The second-order valence-electron chi connectivity index (χ2n) is 3.18. The molecule has 0 aliphatic carbocycles. The molecule has 4 heteroatoms. The summed E-state index contributed by atoms with van der Waals surface area (Å²) in [5.41, 5.74) is 1.01. The second kappa shape index (κ2) is 4.94. The van der Waals surface area contributed by atoms with Gasteiger partial charge in [-0.3, -0.25) is 4.79 Å². The summed E-state index contributed by atoms with van der Waals surface area (Å²) in [5, 5.41) is 8.78. The first kappa shape index (κ1) is 11.7. The highest BCUT2D eigenvalue weighted by atomic mass is 79.9. The Hall–Kier alpha value is -0.350. The minimum atomic E-state index is -0.767. The Morgan fingerprint density at radius 2 is 2.14 bits per heavy atom. The maximum atomic E-state index is 10.7. The minimum Gasteiger partial charge on any atom is -0.481 e. The molecule has 0 heterocycles. The first-order chi connectivity index (χ1) is 6.50. The molecule has 1 aromatic carbocycles. The fraction of sp³-hybridized carbons (Fsp3) is 0.300. The van der Waals surface area contributed by atoms with Crippen LogP contribution in [0.2, 0.25) is 0 Å². The van der Waals surface area contributed by atoms with Gasteiger partial charge in [0.25, 0.3) is 0 Å². The number of carbonyl (C=O) groups is 1. The first-order valence-corrected chi connectivity index (χ1v) is 5.76. The van der Waals surface area contributed by atoms with Crippen molar-refractivity contribution in [3.63, 3.8) is 0 Å². The van der Waals surface area contributed by atoms with Crippen molar-refractivity contribution in [2.45, 2.75) is 13.3 Å². The van der Waals surface area contributed by atoms with Crippen LogP contribution in [0.15, 0.2) is 27.1 Å². The summed E-state index contributed by atoms with van der Waals surface area (Å²) in [6.07, 6.45) is 0.537. The number of halogens is 2. The van der Waals surface area contributed by atoms with Crippen LogP contribution in [-0.4, -0.2) is 11.1 Å². The summed E-state index contributed by atoms with van der Waals surface area (Å²) in [6.45, 7) is 1.70. The molecule has 0 aliphatic rings. The third-order valence-electron chi connectivity index (χ3n) is 1.96. The van der Waals surface area contributed by atoms with Gasteiger partial charge in [-0.1, -0.05) is 38.8 Å². The van der Waals surface area contributed by atoms with Gasteiger partial charge < -0.3 is 5.11 Å². The quantitative estimate of drug-likeness (QED) is 0.925. The van der Waals surface area contributed by atoms with Crippen LogP contribution in [0.4, 0.5) is 0 Å². The summed E-state index contributed by atoms with van der Waals surface area (Å²) in [6, 6.07) is 5.76. The lowest BCUT2D eigenvalue weighted by Gasteiger charge is -2.08. The van der Waals surface area contributed by atoms with Crippen LogP contribution < -0.4 is 0 Å². The summed E-state index contributed by atoms with van der Waals surface area (Å²) in [5.74, 6) is -1.13. The molecule has 1 N–H and O–H groups in total. The van der Waals surface area contributed by atoms with E-state index in [1.165, 1.54) is 0 Å². The van der Waals surface area contributed by atoms with E-state index < -0.39 is 5.97 Å². The highest BCUT2D eigenvalue weighted by Gasteiger charge is 2.13. The smallest absolute Gasteiger partial charge is 0.306 e. The summed E-state index contributed by atoms with van der Waals surface area (Å²) >= 11 is 6.75. The molecule has 0 amide bonds. The number of aliphatic carboxylic acids is 1. The zero-order chi connectivity index (χ0) is 10.7. The average Bonchev–Trinajstić information content (AvgIpc) is 2.11. The van der Waals surface area contributed by atoms with Gasteiger partial charge in [0.1, 0.15) is 0 Å². The molecule has 2 nitrogen and oxygen atoms in total. The van der Waals surface area contributed by atoms with Gasteiger partial charge in [-0.05, 0) is 30.2 Å². The third-order valence-corrected chi connectivity index (χ3v) is 3.22. The van der Waals surface area contributed by atoms with E-state index in [4.69, 9.17) is 5.11 Å². The lowest BCUT2D eigenvalue weighted by Crippen LogP contribution is -2.12. The lowest BCUT2D eigenvalue weighted by molar-refractivity contribution is -0.141. The molecular weight excluding hydrogens is 312 g/mol. The van der Waals surface area contributed by atoms with Crippen molar-refractivity contribution in [3.8, 4) is 0 Å². The Morgan fingerprint density at radius 3 is 2.71 bits per heavy atom. The Morgan fingerprint density at radius 1 is 1.50 bits per heavy atom. The van der Waals surface area contributed by atoms with Crippen LogP contribution in [0.1, 0.15) is 12.5 Å². The Labute approximate surface area is 99.6 Å². The summed E-state index contributed by atoms with van der Waals surface area (Å²) in [4.78, 5) is 10.7. The predicted octanol–water partition coefficient (Wildman–Crippen LogP) is 3.47. The fourth-order valence-electron chi connectivity index (χ4n) is 1.12. The third kappa shape index (κ3) is 3.10. The molecule has 0 aromatic heterocycles. The highest BCUT2D eigenvalue weighted by Crippen LogP contribution is 2.23. The second-order valence-corrected chi connectivity index (χ2v) is 4.95. The van der Waals surface area contributed by atoms with Gasteiger partial charge in [-0.15, -0.1) is 0 Å². The van der Waals surface area contributed by atoms with Crippen molar-refractivity contribution in [1.29, 1.82) is 0 Å². The zero-order valence-corrected chi connectivity index (χ0v) is 10.8. The lowest BCUT2D eigenvalue weighted by atomic mass is 10.0. The molecule has 0 radical (unpaired) electrons. The molecule has 1 aromatic rings. The van der Waals surface area contributed by atoms with Gasteiger partial charge in [0.05, 0.1) is 5.92 Å². The van der Waals surface area contributed by atoms with E-state index in [9.17, 15) is 4.79 Å². The van der Waals surface area contributed by atoms with Gasteiger partial charge in [-0.2, -0.15) is 0 Å². The Kier molecular flexibility index (Phi) is 4.13. The standard InChI is InChI=1S/C10H10Br2O2/c1-6(10(13)14)4-7-5-8(11)2-3-9(7)12/h2-3,5-6H,4H2,1H3,(H,13,14). The van der Waals surface area contributed by atoms with Gasteiger partial charge in [0.15, 0.2) is 0 Å². The Balaban J connectivity index is 2.85. The molecule has 1 unspecified atom stereocenters. The van der Waals surface area contributed by atoms with E-state index in [0.29, 0.717) is 6.42 Å². The zero-order valence-electron chi connectivity index (χ0n) is 7.63. The molecule has 0 aliphatic heterocycles. The van der Waals surface area contributed by atoms with Crippen molar-refractivity contribution in [3.05, 3.63) is 32.7 Å². The topological polar surface area (TPSA) is 37.3 Å². The summed E-state index contributed by atoms with van der Waals surface area (Å²) < 4.78 is 1.92. The van der Waals surface area contributed by atoms with Crippen LogP contribution in [0, 0.1) is 5.92 Å². The maximum Gasteiger partial charge on any atom is 0.306 e. The molecule has 1 rings (SSSR count). The molecule has 1 atom stereocenters. The van der Waals surface area contributed by atoms with Gasteiger partial charge >= 0.3 is 5.97 Å². The molecule has 0 saturated carbocycles. The van der Waals surface area contributed by atoms with Crippen molar-refractivity contribution >= 4 is 37.8 Å². The molecule has 0 bridgehead atoms. The molecule has 14 heavy (non-hydrogen) atoms. The van der Waals surface area contributed by atoms with Crippen LogP contribution in [-0.2, 0) is 11.2 Å². The summed E-state index contributed by atoms with van der Waals surface area (Å²) in [7, 11) is 0. The van der Waals surface area contributed by atoms with Crippen molar-refractivity contribution < 1.29 is 9.90 Å². The van der Waals surface area contributed by atoms with E-state index in [1.807, 2.05) is 18.2 Å². The number of carboxylic acid groups (broad SMARTS) is 1. The molecule has 0 spiro atoms. The van der Waals surface area contributed by atoms with Gasteiger partial charge in [-0.25, -0.2) is 0 Å².